The molecule has 0 radical (unpaired) electrons. The van der Waals surface area contributed by atoms with E-state index in [-0.39, 0.29) is 18.3 Å². The van der Waals surface area contributed by atoms with Crippen molar-refractivity contribution < 1.29 is 13.6 Å². The molecule has 20 heavy (non-hydrogen) atoms. The van der Waals surface area contributed by atoms with E-state index >= 15 is 0 Å². The standard InChI is InChI=1S/C15H12BrF2NO/c1-9-6-12(17)3-4-13(9)15(20)19-8-10-7-11(16)2-5-14(10)18/h2-7H,8H2,1H3,(H,19,20). The van der Waals surface area contributed by atoms with Crippen molar-refractivity contribution in [3.8, 4) is 0 Å². The predicted octanol–water partition coefficient (Wildman–Crippen LogP) is 3.97. The Hall–Kier alpha value is -1.75. The van der Waals surface area contributed by atoms with E-state index in [0.29, 0.717) is 16.7 Å². The Morgan fingerprint density at radius 3 is 2.65 bits per heavy atom. The fourth-order valence-electron chi connectivity index (χ4n) is 1.83. The lowest BCUT2D eigenvalue weighted by atomic mass is 10.1. The van der Waals surface area contributed by atoms with Crippen LogP contribution >= 0.6 is 15.9 Å². The Labute approximate surface area is 123 Å². The third kappa shape index (κ3) is 3.42. The third-order valence-corrected chi connectivity index (χ3v) is 3.37. The number of rotatable bonds is 3. The first-order valence-corrected chi connectivity index (χ1v) is 6.75. The molecule has 0 aliphatic heterocycles. The second kappa shape index (κ2) is 6.13. The topological polar surface area (TPSA) is 29.1 Å². The molecule has 0 unspecified atom stereocenters. The fraction of sp³-hybridized carbons (Fsp3) is 0.133. The molecular weight excluding hydrogens is 328 g/mol. The molecule has 5 heteroatoms. The zero-order valence-corrected chi connectivity index (χ0v) is 12.3. The van der Waals surface area contributed by atoms with Crippen molar-refractivity contribution in [2.75, 3.05) is 0 Å². The fourth-order valence-corrected chi connectivity index (χ4v) is 2.24. The van der Waals surface area contributed by atoms with E-state index in [4.69, 9.17) is 0 Å². The summed E-state index contributed by atoms with van der Waals surface area (Å²) in [6, 6.07) is 8.44. The molecule has 0 atom stereocenters. The monoisotopic (exact) mass is 339 g/mol. The lowest BCUT2D eigenvalue weighted by Gasteiger charge is -2.09. The Morgan fingerprint density at radius 1 is 1.20 bits per heavy atom. The Balaban J connectivity index is 2.10. The summed E-state index contributed by atoms with van der Waals surface area (Å²) < 4.78 is 27.2. The number of aryl methyl sites for hydroxylation is 1. The average molecular weight is 340 g/mol. The summed E-state index contributed by atoms with van der Waals surface area (Å²) in [5.74, 6) is -1.14. The maximum atomic E-state index is 13.5. The molecule has 104 valence electrons. The SMILES string of the molecule is Cc1cc(F)ccc1C(=O)NCc1cc(Br)ccc1F. The summed E-state index contributed by atoms with van der Waals surface area (Å²) in [5.41, 5.74) is 1.30. The summed E-state index contributed by atoms with van der Waals surface area (Å²) in [5, 5.41) is 2.62. The van der Waals surface area contributed by atoms with E-state index in [1.165, 1.54) is 24.3 Å². The van der Waals surface area contributed by atoms with Gasteiger partial charge in [-0.25, -0.2) is 8.78 Å². The molecule has 2 rings (SSSR count). The van der Waals surface area contributed by atoms with Crippen molar-refractivity contribution in [1.29, 1.82) is 0 Å². The molecule has 2 aromatic rings. The molecule has 0 heterocycles. The average Bonchev–Trinajstić information content (AvgIpc) is 2.39. The van der Waals surface area contributed by atoms with Crippen LogP contribution in [0.2, 0.25) is 0 Å². The van der Waals surface area contributed by atoms with Gasteiger partial charge >= 0.3 is 0 Å². The number of halogens is 3. The first-order valence-electron chi connectivity index (χ1n) is 5.95. The van der Waals surface area contributed by atoms with Crippen LogP contribution in [0, 0.1) is 18.6 Å². The number of amides is 1. The Bertz CT molecular complexity index is 658. The predicted molar refractivity (Wildman–Crippen MR) is 76.4 cm³/mol. The van der Waals surface area contributed by atoms with Crippen LogP contribution in [0.3, 0.4) is 0 Å². The summed E-state index contributed by atoms with van der Waals surface area (Å²) in [4.78, 5) is 12.0. The molecule has 1 N–H and O–H groups in total. The zero-order chi connectivity index (χ0) is 14.7. The smallest absolute Gasteiger partial charge is 0.251 e. The van der Waals surface area contributed by atoms with Gasteiger partial charge in [-0.1, -0.05) is 15.9 Å². The normalized spacial score (nSPS) is 10.4. The van der Waals surface area contributed by atoms with E-state index < -0.39 is 5.82 Å². The third-order valence-electron chi connectivity index (χ3n) is 2.88. The molecule has 0 aliphatic carbocycles. The van der Waals surface area contributed by atoms with Crippen LogP contribution in [-0.4, -0.2) is 5.91 Å². The highest BCUT2D eigenvalue weighted by Gasteiger charge is 2.10. The highest BCUT2D eigenvalue weighted by Crippen LogP contribution is 2.16. The highest BCUT2D eigenvalue weighted by molar-refractivity contribution is 9.10. The van der Waals surface area contributed by atoms with Gasteiger partial charge in [0, 0.05) is 22.1 Å². The lowest BCUT2D eigenvalue weighted by Crippen LogP contribution is -2.24. The molecule has 0 aromatic heterocycles. The molecule has 2 nitrogen and oxygen atoms in total. The molecule has 0 fully saturated rings. The van der Waals surface area contributed by atoms with E-state index in [9.17, 15) is 13.6 Å². The van der Waals surface area contributed by atoms with Gasteiger partial charge in [-0.3, -0.25) is 4.79 Å². The first kappa shape index (κ1) is 14.7. The molecule has 0 spiro atoms. The summed E-state index contributed by atoms with van der Waals surface area (Å²) >= 11 is 3.25. The van der Waals surface area contributed by atoms with Gasteiger partial charge < -0.3 is 5.32 Å². The largest absolute Gasteiger partial charge is 0.348 e. The minimum Gasteiger partial charge on any atom is -0.348 e. The van der Waals surface area contributed by atoms with Gasteiger partial charge in [0.1, 0.15) is 11.6 Å². The highest BCUT2D eigenvalue weighted by atomic mass is 79.9. The number of hydrogen-bond acceptors (Lipinski definition) is 1. The Kier molecular flexibility index (Phi) is 4.49. The van der Waals surface area contributed by atoms with Gasteiger partial charge in [0.05, 0.1) is 0 Å². The molecule has 0 bridgehead atoms. The summed E-state index contributed by atoms with van der Waals surface area (Å²) in [6.45, 7) is 1.72. The zero-order valence-electron chi connectivity index (χ0n) is 10.7. The van der Waals surface area contributed by atoms with E-state index in [1.807, 2.05) is 0 Å². The minimum atomic E-state index is -0.392. The second-order valence-electron chi connectivity index (χ2n) is 4.38. The lowest BCUT2D eigenvalue weighted by molar-refractivity contribution is 0.0950. The molecule has 1 amide bonds. The molecule has 0 aliphatic rings. The molecular formula is C15H12BrF2NO. The van der Waals surface area contributed by atoms with Crippen molar-refractivity contribution >= 4 is 21.8 Å². The number of benzene rings is 2. The van der Waals surface area contributed by atoms with E-state index in [1.54, 1.807) is 19.1 Å². The van der Waals surface area contributed by atoms with Gasteiger partial charge in [0.2, 0.25) is 0 Å². The van der Waals surface area contributed by atoms with Crippen LogP contribution in [0.1, 0.15) is 21.5 Å². The van der Waals surface area contributed by atoms with Gasteiger partial charge in [-0.15, -0.1) is 0 Å². The minimum absolute atomic E-state index is 0.0704. The molecule has 0 saturated heterocycles. The van der Waals surface area contributed by atoms with Crippen LogP contribution in [0.15, 0.2) is 40.9 Å². The van der Waals surface area contributed by atoms with Gasteiger partial charge in [0.25, 0.3) is 5.91 Å². The number of nitrogens with one attached hydrogen (secondary N) is 1. The quantitative estimate of drug-likeness (QED) is 0.900. The van der Waals surface area contributed by atoms with Crippen LogP contribution in [0.5, 0.6) is 0 Å². The number of carbonyl (C=O) groups excluding carboxylic acids is 1. The van der Waals surface area contributed by atoms with Crippen molar-refractivity contribution in [3.63, 3.8) is 0 Å². The number of carbonyl (C=O) groups is 1. The molecule has 0 saturated carbocycles. The first-order chi connectivity index (χ1) is 9.47. The maximum Gasteiger partial charge on any atom is 0.251 e. The van der Waals surface area contributed by atoms with Crippen LogP contribution < -0.4 is 5.32 Å². The van der Waals surface area contributed by atoms with Crippen molar-refractivity contribution in [2.45, 2.75) is 13.5 Å². The second-order valence-corrected chi connectivity index (χ2v) is 5.29. The maximum absolute atomic E-state index is 13.5. The van der Waals surface area contributed by atoms with Crippen LogP contribution in [-0.2, 0) is 6.54 Å². The van der Waals surface area contributed by atoms with Crippen LogP contribution in [0.25, 0.3) is 0 Å². The van der Waals surface area contributed by atoms with Crippen molar-refractivity contribution in [1.82, 2.24) is 5.32 Å². The van der Waals surface area contributed by atoms with E-state index in [2.05, 4.69) is 21.2 Å². The van der Waals surface area contributed by atoms with Gasteiger partial charge in [-0.05, 0) is 48.9 Å². The van der Waals surface area contributed by atoms with Crippen molar-refractivity contribution in [2.24, 2.45) is 0 Å². The number of hydrogen-bond donors (Lipinski definition) is 1. The Morgan fingerprint density at radius 2 is 1.95 bits per heavy atom. The van der Waals surface area contributed by atoms with Gasteiger partial charge in [-0.2, -0.15) is 0 Å². The van der Waals surface area contributed by atoms with Crippen LogP contribution in [0.4, 0.5) is 8.78 Å². The van der Waals surface area contributed by atoms with Gasteiger partial charge in [0.15, 0.2) is 0 Å². The van der Waals surface area contributed by atoms with E-state index in [0.717, 1.165) is 4.47 Å². The summed E-state index contributed by atoms with van der Waals surface area (Å²) in [7, 11) is 0. The van der Waals surface area contributed by atoms with Crippen molar-refractivity contribution in [3.05, 3.63) is 69.2 Å². The summed E-state index contributed by atoms with van der Waals surface area (Å²) in [6.07, 6.45) is 0. The molecule has 2 aromatic carbocycles.